The van der Waals surface area contributed by atoms with E-state index in [0.29, 0.717) is 10.0 Å². The van der Waals surface area contributed by atoms with Gasteiger partial charge >= 0.3 is 0 Å². The summed E-state index contributed by atoms with van der Waals surface area (Å²) in [6, 6.07) is 4.98. The molecular weight excluding hydrogens is 274 g/mol. The molecule has 2 aromatic rings. The molecule has 2 rings (SSSR count). The van der Waals surface area contributed by atoms with Crippen molar-refractivity contribution < 1.29 is 13.9 Å². The van der Waals surface area contributed by atoms with Crippen molar-refractivity contribution in [1.82, 2.24) is 4.98 Å². The average Bonchev–Trinajstić information content (AvgIpc) is 2.74. The van der Waals surface area contributed by atoms with Gasteiger partial charge in [0.05, 0.1) is 23.4 Å². The average molecular weight is 282 g/mol. The molecule has 0 unspecified atom stereocenters. The number of halogens is 1. The number of ketones is 1. The first kappa shape index (κ1) is 10.9. The van der Waals surface area contributed by atoms with E-state index in [9.17, 15) is 4.79 Å². The van der Waals surface area contributed by atoms with Crippen LogP contribution in [-0.2, 0) is 0 Å². The van der Waals surface area contributed by atoms with Crippen molar-refractivity contribution in [1.29, 1.82) is 0 Å². The summed E-state index contributed by atoms with van der Waals surface area (Å²) in [7, 11) is 1.47. The second kappa shape index (κ2) is 4.49. The molecule has 0 saturated carbocycles. The molecule has 16 heavy (non-hydrogen) atoms. The SMILES string of the molecule is COc1ncccc1C(=O)c1occc1Br. The number of rotatable bonds is 3. The maximum Gasteiger partial charge on any atom is 0.234 e. The summed E-state index contributed by atoms with van der Waals surface area (Å²) in [5, 5.41) is 0. The topological polar surface area (TPSA) is 52.3 Å². The first-order valence-corrected chi connectivity index (χ1v) is 5.30. The van der Waals surface area contributed by atoms with Gasteiger partial charge < -0.3 is 9.15 Å². The third-order valence-electron chi connectivity index (χ3n) is 2.03. The van der Waals surface area contributed by atoms with E-state index in [1.807, 2.05) is 0 Å². The Hall–Kier alpha value is -1.62. The van der Waals surface area contributed by atoms with E-state index in [1.54, 1.807) is 24.4 Å². The minimum atomic E-state index is -0.262. The Labute approximate surface area is 100 Å². The van der Waals surface area contributed by atoms with E-state index in [1.165, 1.54) is 13.4 Å². The van der Waals surface area contributed by atoms with Gasteiger partial charge in [0.25, 0.3) is 0 Å². The molecule has 0 aliphatic carbocycles. The highest BCUT2D eigenvalue weighted by Gasteiger charge is 2.20. The summed E-state index contributed by atoms with van der Waals surface area (Å²) in [4.78, 5) is 16.0. The number of aromatic nitrogens is 1. The number of carbonyl (C=O) groups excluding carboxylic acids is 1. The van der Waals surface area contributed by atoms with E-state index in [0.717, 1.165) is 0 Å². The van der Waals surface area contributed by atoms with E-state index < -0.39 is 0 Å². The fourth-order valence-electron chi connectivity index (χ4n) is 1.30. The Kier molecular flexibility index (Phi) is 3.05. The molecule has 0 aliphatic rings. The normalized spacial score (nSPS) is 10.1. The van der Waals surface area contributed by atoms with Crippen LogP contribution >= 0.6 is 15.9 Å². The molecule has 5 heteroatoms. The van der Waals surface area contributed by atoms with E-state index in [-0.39, 0.29) is 17.4 Å². The summed E-state index contributed by atoms with van der Waals surface area (Å²) >= 11 is 3.23. The van der Waals surface area contributed by atoms with E-state index >= 15 is 0 Å². The third kappa shape index (κ3) is 1.86. The van der Waals surface area contributed by atoms with Crippen LogP contribution in [0.5, 0.6) is 5.88 Å². The molecular formula is C11H8BrNO3. The maximum absolute atomic E-state index is 12.1. The molecule has 0 spiro atoms. The van der Waals surface area contributed by atoms with Crippen LogP contribution in [0.25, 0.3) is 0 Å². The highest BCUT2D eigenvalue weighted by atomic mass is 79.9. The van der Waals surface area contributed by atoms with Crippen LogP contribution in [0.15, 0.2) is 39.5 Å². The summed E-state index contributed by atoms with van der Waals surface area (Å²) in [6.45, 7) is 0. The molecule has 0 N–H and O–H groups in total. The van der Waals surface area contributed by atoms with Crippen molar-refractivity contribution in [2.45, 2.75) is 0 Å². The Morgan fingerprint density at radius 2 is 2.31 bits per heavy atom. The number of nitrogens with zero attached hydrogens (tertiary/aromatic N) is 1. The zero-order valence-corrected chi connectivity index (χ0v) is 10.0. The molecule has 2 aromatic heterocycles. The van der Waals surface area contributed by atoms with Gasteiger partial charge in [0.2, 0.25) is 11.7 Å². The van der Waals surface area contributed by atoms with Crippen LogP contribution in [0.4, 0.5) is 0 Å². The Bertz CT molecular complexity index is 521. The van der Waals surface area contributed by atoms with Crippen molar-refractivity contribution in [3.05, 3.63) is 46.5 Å². The minimum Gasteiger partial charge on any atom is -0.480 e. The van der Waals surface area contributed by atoms with E-state index in [2.05, 4.69) is 20.9 Å². The molecule has 82 valence electrons. The molecule has 0 aliphatic heterocycles. The molecule has 2 heterocycles. The lowest BCUT2D eigenvalue weighted by atomic mass is 10.1. The number of methoxy groups -OCH3 is 1. The van der Waals surface area contributed by atoms with Gasteiger partial charge in [0.1, 0.15) is 0 Å². The largest absolute Gasteiger partial charge is 0.480 e. The van der Waals surface area contributed by atoms with Crippen molar-refractivity contribution >= 4 is 21.7 Å². The fourth-order valence-corrected chi connectivity index (χ4v) is 1.69. The quantitative estimate of drug-likeness (QED) is 0.812. The number of hydrogen-bond acceptors (Lipinski definition) is 4. The predicted molar refractivity (Wildman–Crippen MR) is 60.6 cm³/mol. The predicted octanol–water partition coefficient (Wildman–Crippen LogP) is 2.68. The highest BCUT2D eigenvalue weighted by Crippen LogP contribution is 2.24. The van der Waals surface area contributed by atoms with Gasteiger partial charge in [0, 0.05) is 6.20 Å². The van der Waals surface area contributed by atoms with Gasteiger partial charge in [-0.1, -0.05) is 0 Å². The highest BCUT2D eigenvalue weighted by molar-refractivity contribution is 9.10. The van der Waals surface area contributed by atoms with Crippen molar-refractivity contribution in [3.8, 4) is 5.88 Å². The maximum atomic E-state index is 12.1. The molecule has 0 radical (unpaired) electrons. The lowest BCUT2D eigenvalue weighted by molar-refractivity contribution is 0.100. The van der Waals surface area contributed by atoms with Gasteiger partial charge in [-0.3, -0.25) is 4.79 Å². The molecule has 0 bridgehead atoms. The molecule has 0 amide bonds. The van der Waals surface area contributed by atoms with Gasteiger partial charge in [-0.2, -0.15) is 0 Å². The second-order valence-electron chi connectivity index (χ2n) is 2.99. The van der Waals surface area contributed by atoms with Gasteiger partial charge in [-0.15, -0.1) is 0 Å². The van der Waals surface area contributed by atoms with Crippen LogP contribution in [0.3, 0.4) is 0 Å². The van der Waals surface area contributed by atoms with Crippen molar-refractivity contribution in [2.75, 3.05) is 7.11 Å². The number of carbonyl (C=O) groups is 1. The van der Waals surface area contributed by atoms with Crippen molar-refractivity contribution in [3.63, 3.8) is 0 Å². The second-order valence-corrected chi connectivity index (χ2v) is 3.84. The lowest BCUT2D eigenvalue weighted by Gasteiger charge is -2.04. The standard InChI is InChI=1S/C11H8BrNO3/c1-15-11-7(3-2-5-13-11)9(14)10-8(12)4-6-16-10/h2-6H,1H3. The van der Waals surface area contributed by atoms with E-state index in [4.69, 9.17) is 9.15 Å². The Morgan fingerprint density at radius 1 is 1.50 bits per heavy atom. The molecule has 0 fully saturated rings. The minimum absolute atomic E-state index is 0.242. The lowest BCUT2D eigenvalue weighted by Crippen LogP contribution is -2.04. The summed E-state index contributed by atoms with van der Waals surface area (Å²) in [6.07, 6.45) is 3.01. The Balaban J connectivity index is 2.46. The zero-order chi connectivity index (χ0) is 11.5. The van der Waals surface area contributed by atoms with Gasteiger partial charge in [-0.05, 0) is 34.1 Å². The summed E-state index contributed by atoms with van der Waals surface area (Å²) in [5.74, 6) is 0.268. The van der Waals surface area contributed by atoms with Crippen molar-refractivity contribution in [2.24, 2.45) is 0 Å². The van der Waals surface area contributed by atoms with Crippen LogP contribution in [0.1, 0.15) is 16.1 Å². The summed E-state index contributed by atoms with van der Waals surface area (Å²) < 4.78 is 10.7. The summed E-state index contributed by atoms with van der Waals surface area (Å²) in [5.41, 5.74) is 0.376. The molecule has 0 atom stereocenters. The van der Waals surface area contributed by atoms with Crippen LogP contribution in [0.2, 0.25) is 0 Å². The Morgan fingerprint density at radius 3 is 2.94 bits per heavy atom. The number of ether oxygens (including phenoxy) is 1. The molecule has 0 saturated heterocycles. The molecule has 4 nitrogen and oxygen atoms in total. The van der Waals surface area contributed by atoms with Gasteiger partial charge in [-0.25, -0.2) is 4.98 Å². The van der Waals surface area contributed by atoms with Crippen LogP contribution in [-0.4, -0.2) is 17.9 Å². The number of furan rings is 1. The number of hydrogen-bond donors (Lipinski definition) is 0. The zero-order valence-electron chi connectivity index (χ0n) is 8.44. The smallest absolute Gasteiger partial charge is 0.234 e. The first-order valence-electron chi connectivity index (χ1n) is 4.50. The number of pyridine rings is 1. The van der Waals surface area contributed by atoms with Crippen LogP contribution in [0, 0.1) is 0 Å². The fraction of sp³-hybridized carbons (Fsp3) is 0.0909. The van der Waals surface area contributed by atoms with Gasteiger partial charge in [0.15, 0.2) is 5.76 Å². The monoisotopic (exact) mass is 281 g/mol. The third-order valence-corrected chi connectivity index (χ3v) is 2.66. The molecule has 0 aromatic carbocycles. The first-order chi connectivity index (χ1) is 7.74. The van der Waals surface area contributed by atoms with Crippen LogP contribution < -0.4 is 4.74 Å².